The van der Waals surface area contributed by atoms with Crippen LogP contribution >= 0.6 is 0 Å². The first kappa shape index (κ1) is 15.3. The fraction of sp³-hybridized carbons (Fsp3) is 0.941. The Balaban J connectivity index is 1.52. The molecular formula is C17H30N2O2. The van der Waals surface area contributed by atoms with Crippen molar-refractivity contribution in [3.63, 3.8) is 0 Å². The van der Waals surface area contributed by atoms with E-state index in [2.05, 4.69) is 19.2 Å². The van der Waals surface area contributed by atoms with Gasteiger partial charge in [0.05, 0.1) is 11.5 Å². The van der Waals surface area contributed by atoms with Crippen LogP contribution in [0, 0.1) is 23.2 Å². The molecule has 3 aliphatic carbocycles. The second kappa shape index (κ2) is 5.24. The van der Waals surface area contributed by atoms with Crippen LogP contribution in [-0.4, -0.2) is 29.2 Å². The molecule has 0 spiro atoms. The predicted molar refractivity (Wildman–Crippen MR) is 82.5 cm³/mol. The monoisotopic (exact) mass is 294 g/mol. The summed E-state index contributed by atoms with van der Waals surface area (Å²) in [7, 11) is 0. The number of rotatable bonds is 3. The third kappa shape index (κ3) is 2.98. The molecule has 0 aromatic heterocycles. The van der Waals surface area contributed by atoms with Crippen molar-refractivity contribution in [3.05, 3.63) is 0 Å². The molecule has 1 amide bonds. The molecule has 2 bridgehead atoms. The van der Waals surface area contributed by atoms with E-state index in [0.717, 1.165) is 38.5 Å². The van der Waals surface area contributed by atoms with Gasteiger partial charge >= 0.3 is 0 Å². The van der Waals surface area contributed by atoms with Gasteiger partial charge < -0.3 is 16.2 Å². The van der Waals surface area contributed by atoms with Crippen LogP contribution in [0.25, 0.3) is 0 Å². The smallest absolute Gasteiger partial charge is 0.225 e. The van der Waals surface area contributed by atoms with Crippen molar-refractivity contribution in [1.29, 1.82) is 0 Å². The molecule has 0 radical (unpaired) electrons. The van der Waals surface area contributed by atoms with Gasteiger partial charge in [-0.25, -0.2) is 0 Å². The molecule has 120 valence electrons. The van der Waals surface area contributed by atoms with E-state index in [4.69, 9.17) is 5.73 Å². The fourth-order valence-corrected chi connectivity index (χ4v) is 4.66. The minimum atomic E-state index is -0.715. The number of fused-ring (bicyclic) bond motifs is 2. The molecule has 4 atom stereocenters. The van der Waals surface area contributed by atoms with Gasteiger partial charge in [-0.15, -0.1) is 0 Å². The minimum absolute atomic E-state index is 0.0209. The molecule has 3 rings (SSSR count). The van der Waals surface area contributed by atoms with Gasteiger partial charge in [0.2, 0.25) is 5.91 Å². The number of nitrogens with one attached hydrogen (secondary N) is 1. The summed E-state index contributed by atoms with van der Waals surface area (Å²) in [5.41, 5.74) is 5.83. The van der Waals surface area contributed by atoms with Gasteiger partial charge in [-0.05, 0) is 62.2 Å². The van der Waals surface area contributed by atoms with E-state index in [0.29, 0.717) is 23.8 Å². The summed E-state index contributed by atoms with van der Waals surface area (Å²) in [6.07, 6.45) is 7.06. The van der Waals surface area contributed by atoms with E-state index in [-0.39, 0.29) is 17.9 Å². The molecular weight excluding hydrogens is 264 g/mol. The lowest BCUT2D eigenvalue weighted by molar-refractivity contribution is -0.129. The van der Waals surface area contributed by atoms with Gasteiger partial charge in [0.25, 0.3) is 0 Å². The van der Waals surface area contributed by atoms with Crippen molar-refractivity contribution in [3.8, 4) is 0 Å². The van der Waals surface area contributed by atoms with Crippen molar-refractivity contribution in [2.75, 3.05) is 6.54 Å². The summed E-state index contributed by atoms with van der Waals surface area (Å²) < 4.78 is 0. The molecule has 4 heteroatoms. The minimum Gasteiger partial charge on any atom is -0.388 e. The van der Waals surface area contributed by atoms with Crippen LogP contribution in [0.15, 0.2) is 0 Å². The van der Waals surface area contributed by atoms with Crippen molar-refractivity contribution < 1.29 is 9.90 Å². The summed E-state index contributed by atoms with van der Waals surface area (Å²) in [5, 5.41) is 13.7. The lowest BCUT2D eigenvalue weighted by Gasteiger charge is -2.40. The Morgan fingerprint density at radius 2 is 1.81 bits per heavy atom. The maximum atomic E-state index is 12.5. The number of carbonyl (C=O) groups is 1. The number of aliphatic hydroxyl groups is 1. The third-order valence-electron chi connectivity index (χ3n) is 6.41. The van der Waals surface area contributed by atoms with E-state index in [1.165, 1.54) is 6.42 Å². The largest absolute Gasteiger partial charge is 0.388 e. The Labute approximate surface area is 127 Å². The zero-order valence-corrected chi connectivity index (χ0v) is 13.4. The number of carbonyl (C=O) groups excluding carboxylic acids is 1. The van der Waals surface area contributed by atoms with Gasteiger partial charge in [-0.2, -0.15) is 0 Å². The Bertz CT molecular complexity index is 409. The van der Waals surface area contributed by atoms with Crippen LogP contribution < -0.4 is 11.1 Å². The maximum Gasteiger partial charge on any atom is 0.225 e. The van der Waals surface area contributed by atoms with Crippen LogP contribution in [0.2, 0.25) is 0 Å². The summed E-state index contributed by atoms with van der Waals surface area (Å²) >= 11 is 0. The summed E-state index contributed by atoms with van der Waals surface area (Å²) in [6.45, 7) is 4.89. The molecule has 3 fully saturated rings. The molecule has 0 aliphatic heterocycles. The van der Waals surface area contributed by atoms with Crippen molar-refractivity contribution in [2.24, 2.45) is 28.9 Å². The highest BCUT2D eigenvalue weighted by atomic mass is 16.3. The van der Waals surface area contributed by atoms with Gasteiger partial charge in [0.15, 0.2) is 0 Å². The highest BCUT2D eigenvalue weighted by molar-refractivity contribution is 5.80. The normalized spacial score (nSPS) is 40.2. The van der Waals surface area contributed by atoms with Crippen LogP contribution in [0.1, 0.15) is 58.8 Å². The van der Waals surface area contributed by atoms with E-state index in [1.54, 1.807) is 0 Å². The van der Waals surface area contributed by atoms with E-state index in [1.807, 2.05) is 0 Å². The first-order chi connectivity index (χ1) is 9.80. The molecule has 4 unspecified atom stereocenters. The van der Waals surface area contributed by atoms with Crippen LogP contribution in [0.5, 0.6) is 0 Å². The van der Waals surface area contributed by atoms with Crippen LogP contribution in [-0.2, 0) is 4.79 Å². The Hall–Kier alpha value is -0.610. The maximum absolute atomic E-state index is 12.5. The lowest BCUT2D eigenvalue weighted by Crippen LogP contribution is -2.51. The van der Waals surface area contributed by atoms with Crippen LogP contribution in [0.4, 0.5) is 0 Å². The van der Waals surface area contributed by atoms with Crippen LogP contribution in [0.3, 0.4) is 0 Å². The molecule has 3 aliphatic rings. The van der Waals surface area contributed by atoms with Crippen molar-refractivity contribution in [2.45, 2.75) is 70.4 Å². The van der Waals surface area contributed by atoms with Gasteiger partial charge in [0, 0.05) is 12.6 Å². The summed E-state index contributed by atoms with van der Waals surface area (Å²) in [6, 6.07) is 0.0312. The molecule has 0 saturated heterocycles. The van der Waals surface area contributed by atoms with E-state index < -0.39 is 5.60 Å². The zero-order chi connectivity index (χ0) is 15.3. The highest BCUT2D eigenvalue weighted by Gasteiger charge is 2.49. The van der Waals surface area contributed by atoms with E-state index in [9.17, 15) is 9.90 Å². The molecule has 0 heterocycles. The van der Waals surface area contributed by atoms with Gasteiger partial charge in [-0.3, -0.25) is 4.79 Å². The van der Waals surface area contributed by atoms with E-state index >= 15 is 0 Å². The van der Waals surface area contributed by atoms with Gasteiger partial charge in [0.1, 0.15) is 0 Å². The number of nitrogens with two attached hydrogens (primary N) is 1. The molecule has 4 N–H and O–H groups in total. The fourth-order valence-electron chi connectivity index (χ4n) is 4.66. The zero-order valence-electron chi connectivity index (χ0n) is 13.4. The third-order valence-corrected chi connectivity index (χ3v) is 6.41. The molecule has 4 nitrogen and oxygen atoms in total. The quantitative estimate of drug-likeness (QED) is 0.743. The average Bonchev–Trinajstić information content (AvgIpc) is 3.01. The Morgan fingerprint density at radius 3 is 2.38 bits per heavy atom. The standard InChI is InChI=1S/C17H30N2O2/c1-16(2)5-7-17(21,8-6-16)10-19-15(20)13-11-3-4-12(9-11)14(13)18/h11-14,21H,3-10,18H2,1-2H3,(H,19,20). The van der Waals surface area contributed by atoms with Gasteiger partial charge in [-0.1, -0.05) is 13.8 Å². The summed E-state index contributed by atoms with van der Waals surface area (Å²) in [5.74, 6) is 1.08. The highest BCUT2D eigenvalue weighted by Crippen LogP contribution is 2.47. The summed E-state index contributed by atoms with van der Waals surface area (Å²) in [4.78, 5) is 12.5. The van der Waals surface area contributed by atoms with Crippen molar-refractivity contribution >= 4 is 5.91 Å². The van der Waals surface area contributed by atoms with Crippen molar-refractivity contribution in [1.82, 2.24) is 5.32 Å². The lowest BCUT2D eigenvalue weighted by atomic mass is 9.71. The SMILES string of the molecule is CC1(C)CCC(O)(CNC(=O)C2C3CCC(C3)C2N)CC1. The number of hydrogen-bond acceptors (Lipinski definition) is 3. The Kier molecular flexibility index (Phi) is 3.81. The molecule has 0 aromatic carbocycles. The molecule has 0 aromatic rings. The molecule has 21 heavy (non-hydrogen) atoms. The number of amides is 1. The average molecular weight is 294 g/mol. The number of hydrogen-bond donors (Lipinski definition) is 3. The predicted octanol–water partition coefficient (Wildman–Crippen LogP) is 1.81. The topological polar surface area (TPSA) is 75.3 Å². The molecule has 3 saturated carbocycles. The first-order valence-corrected chi connectivity index (χ1v) is 8.55. The first-order valence-electron chi connectivity index (χ1n) is 8.55. The second-order valence-electron chi connectivity index (χ2n) is 8.54. The Morgan fingerprint density at radius 1 is 1.19 bits per heavy atom. The second-order valence-corrected chi connectivity index (χ2v) is 8.54.